The number of hydrazine groups is 1. The molecule has 11 heteroatoms. The first kappa shape index (κ1) is 23.3. The Balaban J connectivity index is 1.58. The maximum absolute atomic E-state index is 12.0. The van der Waals surface area contributed by atoms with Crippen molar-refractivity contribution in [1.29, 1.82) is 0 Å². The predicted octanol–water partition coefficient (Wildman–Crippen LogP) is 2.98. The summed E-state index contributed by atoms with van der Waals surface area (Å²) in [5, 5.41) is 7.79. The van der Waals surface area contributed by atoms with Gasteiger partial charge in [0.1, 0.15) is 12.4 Å². The molecule has 1 saturated carbocycles. The molecular weight excluding hydrogens is 436 g/mol. The largest absolute Gasteiger partial charge is 0.458 e. The van der Waals surface area contributed by atoms with Crippen LogP contribution in [0.25, 0.3) is 11.0 Å². The van der Waals surface area contributed by atoms with E-state index in [4.69, 9.17) is 26.1 Å². The van der Waals surface area contributed by atoms with Gasteiger partial charge in [-0.2, -0.15) is 4.98 Å². The number of rotatable bonds is 7. The van der Waals surface area contributed by atoms with Crippen molar-refractivity contribution in [2.75, 3.05) is 19.0 Å². The second kappa shape index (κ2) is 9.96. The second-order valence-corrected chi connectivity index (χ2v) is 8.68. The van der Waals surface area contributed by atoms with E-state index in [-0.39, 0.29) is 18.5 Å². The number of para-hydroxylation sites is 1. The number of imidazole rings is 1. The maximum Gasteiger partial charge on any atom is 0.412 e. The summed E-state index contributed by atoms with van der Waals surface area (Å²) < 4.78 is 12.9. The van der Waals surface area contributed by atoms with Gasteiger partial charge in [0.2, 0.25) is 5.96 Å². The Morgan fingerprint density at radius 1 is 1.26 bits per heavy atom. The molecule has 2 heterocycles. The highest BCUT2D eigenvalue weighted by molar-refractivity contribution is 5.94. The number of amides is 1. The lowest BCUT2D eigenvalue weighted by Gasteiger charge is -2.17. The standard InChI is InChI=1S/C23H30N8O3/c1-14(2)12-34-23(32)27-19-9-4-6-16(26-19)13-33-22-28-20-17(15-10-11-15)7-5-8-18(20)31(22)21(29-24)30(3)25/h4-9,14-15H,10-13,24-25H2,1-3H3,(H,26,27,32)/b29-21+. The van der Waals surface area contributed by atoms with Crippen molar-refractivity contribution in [3.8, 4) is 6.01 Å². The molecule has 34 heavy (non-hydrogen) atoms. The topological polar surface area (TPSA) is 146 Å². The second-order valence-electron chi connectivity index (χ2n) is 8.68. The van der Waals surface area contributed by atoms with Gasteiger partial charge in [0.25, 0.3) is 0 Å². The predicted molar refractivity (Wildman–Crippen MR) is 129 cm³/mol. The summed E-state index contributed by atoms with van der Waals surface area (Å²) in [5.41, 5.74) is 3.40. The molecule has 0 bridgehead atoms. The normalized spacial score (nSPS) is 13.9. The molecule has 5 N–H and O–H groups in total. The summed E-state index contributed by atoms with van der Waals surface area (Å²) in [6.07, 6.45) is 1.73. The van der Waals surface area contributed by atoms with Crippen molar-refractivity contribution in [1.82, 2.24) is 19.5 Å². The van der Waals surface area contributed by atoms with Crippen molar-refractivity contribution in [2.45, 2.75) is 39.2 Å². The lowest BCUT2D eigenvalue weighted by Crippen LogP contribution is -2.39. The number of benzene rings is 1. The zero-order valence-corrected chi connectivity index (χ0v) is 19.6. The van der Waals surface area contributed by atoms with E-state index in [0.29, 0.717) is 30.0 Å². The number of nitrogens with two attached hydrogens (primary N) is 2. The van der Waals surface area contributed by atoms with E-state index in [1.54, 1.807) is 29.8 Å². The van der Waals surface area contributed by atoms with Gasteiger partial charge >= 0.3 is 12.1 Å². The number of fused-ring (bicyclic) bond motifs is 1. The van der Waals surface area contributed by atoms with E-state index in [2.05, 4.69) is 21.5 Å². The number of aromatic nitrogens is 3. The van der Waals surface area contributed by atoms with Crippen LogP contribution >= 0.6 is 0 Å². The van der Waals surface area contributed by atoms with Gasteiger partial charge < -0.3 is 15.3 Å². The minimum Gasteiger partial charge on any atom is -0.458 e. The third kappa shape index (κ3) is 5.20. The Labute approximate surface area is 197 Å². The fourth-order valence-corrected chi connectivity index (χ4v) is 3.57. The molecule has 0 spiro atoms. The van der Waals surface area contributed by atoms with E-state index in [9.17, 15) is 4.79 Å². The number of carbonyl (C=O) groups excluding carboxylic acids is 1. The van der Waals surface area contributed by atoms with Crippen LogP contribution in [0.3, 0.4) is 0 Å². The van der Waals surface area contributed by atoms with Crippen LogP contribution in [0.1, 0.15) is 43.9 Å². The van der Waals surface area contributed by atoms with E-state index < -0.39 is 6.09 Å². The molecule has 1 amide bonds. The molecule has 1 fully saturated rings. The monoisotopic (exact) mass is 466 g/mol. The summed E-state index contributed by atoms with van der Waals surface area (Å²) >= 11 is 0. The first-order chi connectivity index (χ1) is 16.4. The lowest BCUT2D eigenvalue weighted by molar-refractivity contribution is 0.147. The van der Waals surface area contributed by atoms with Crippen LogP contribution in [-0.4, -0.2) is 45.3 Å². The van der Waals surface area contributed by atoms with E-state index in [1.807, 2.05) is 26.0 Å². The molecule has 3 aromatic rings. The Bertz CT molecular complexity index is 1200. The van der Waals surface area contributed by atoms with Gasteiger partial charge in [-0.15, -0.1) is 5.10 Å². The fourth-order valence-electron chi connectivity index (χ4n) is 3.57. The lowest BCUT2D eigenvalue weighted by atomic mass is 10.1. The summed E-state index contributed by atoms with van der Waals surface area (Å²) in [6.45, 7) is 4.36. The van der Waals surface area contributed by atoms with Gasteiger partial charge in [-0.05, 0) is 48.4 Å². The van der Waals surface area contributed by atoms with E-state index in [0.717, 1.165) is 23.9 Å². The first-order valence-corrected chi connectivity index (χ1v) is 11.2. The number of hydrazone groups is 1. The quantitative estimate of drug-likeness (QED) is 0.208. The minimum absolute atomic E-state index is 0.102. The van der Waals surface area contributed by atoms with Gasteiger partial charge in [0, 0.05) is 7.05 Å². The van der Waals surface area contributed by atoms with Crippen molar-refractivity contribution in [2.24, 2.45) is 22.7 Å². The Morgan fingerprint density at radius 3 is 2.71 bits per heavy atom. The van der Waals surface area contributed by atoms with E-state index in [1.165, 1.54) is 10.6 Å². The number of carbonyl (C=O) groups is 1. The molecule has 1 aromatic carbocycles. The highest BCUT2D eigenvalue weighted by Gasteiger charge is 2.29. The van der Waals surface area contributed by atoms with Gasteiger partial charge in [0.15, 0.2) is 0 Å². The molecule has 0 aliphatic heterocycles. The summed E-state index contributed by atoms with van der Waals surface area (Å²) in [6, 6.07) is 11.5. The zero-order chi connectivity index (χ0) is 24.2. The Hall–Kier alpha value is -3.86. The van der Waals surface area contributed by atoms with Gasteiger partial charge in [-0.25, -0.2) is 20.2 Å². The molecule has 4 rings (SSSR count). The Kier molecular flexibility index (Phi) is 6.82. The van der Waals surface area contributed by atoms with Gasteiger partial charge in [0.05, 0.1) is 23.3 Å². The number of pyridine rings is 1. The van der Waals surface area contributed by atoms with Crippen LogP contribution in [0.4, 0.5) is 10.6 Å². The molecular formula is C23H30N8O3. The van der Waals surface area contributed by atoms with Crippen LogP contribution in [0.15, 0.2) is 41.5 Å². The highest BCUT2D eigenvalue weighted by atomic mass is 16.5. The highest BCUT2D eigenvalue weighted by Crippen LogP contribution is 2.43. The zero-order valence-electron chi connectivity index (χ0n) is 19.6. The maximum atomic E-state index is 12.0. The molecule has 0 unspecified atom stereocenters. The molecule has 180 valence electrons. The van der Waals surface area contributed by atoms with Crippen molar-refractivity contribution in [3.05, 3.63) is 47.7 Å². The average molecular weight is 467 g/mol. The van der Waals surface area contributed by atoms with Crippen LogP contribution in [0.5, 0.6) is 6.01 Å². The smallest absolute Gasteiger partial charge is 0.412 e. The summed E-state index contributed by atoms with van der Waals surface area (Å²) in [4.78, 5) is 21.1. The SMILES string of the molecule is CC(C)COC(=O)Nc1cccc(COc2nc3c(C4CC4)cccc3n2/C(=N/N)N(C)N)n1. The van der Waals surface area contributed by atoms with Crippen molar-refractivity contribution < 1.29 is 14.3 Å². The third-order valence-electron chi connectivity index (χ3n) is 5.27. The molecule has 1 aliphatic rings. The summed E-state index contributed by atoms with van der Waals surface area (Å²) in [5.74, 6) is 13.0. The van der Waals surface area contributed by atoms with Crippen molar-refractivity contribution in [3.63, 3.8) is 0 Å². The number of hydrogen-bond donors (Lipinski definition) is 3. The number of ether oxygens (including phenoxy) is 2. The molecule has 0 radical (unpaired) electrons. The van der Waals surface area contributed by atoms with Gasteiger partial charge in [-0.1, -0.05) is 32.0 Å². The van der Waals surface area contributed by atoms with E-state index >= 15 is 0 Å². The Morgan fingerprint density at radius 2 is 2.03 bits per heavy atom. The average Bonchev–Trinajstić information content (AvgIpc) is 3.58. The molecule has 0 saturated heterocycles. The number of nitrogens with one attached hydrogen (secondary N) is 1. The third-order valence-corrected chi connectivity index (χ3v) is 5.27. The number of nitrogens with zero attached hydrogens (tertiary/aromatic N) is 5. The number of anilines is 1. The molecule has 0 atom stereocenters. The first-order valence-electron chi connectivity index (χ1n) is 11.2. The van der Waals surface area contributed by atoms with Crippen LogP contribution in [0.2, 0.25) is 0 Å². The molecule has 11 nitrogen and oxygen atoms in total. The number of hydrogen-bond acceptors (Lipinski definition) is 8. The van der Waals surface area contributed by atoms with Crippen LogP contribution in [-0.2, 0) is 11.3 Å². The minimum atomic E-state index is -0.552. The van der Waals surface area contributed by atoms with Crippen LogP contribution in [0, 0.1) is 5.92 Å². The fraction of sp³-hybridized carbons (Fsp3) is 0.391. The molecule has 2 aromatic heterocycles. The summed E-state index contributed by atoms with van der Waals surface area (Å²) in [7, 11) is 1.64. The van der Waals surface area contributed by atoms with Crippen molar-refractivity contribution >= 4 is 28.9 Å². The molecule has 1 aliphatic carbocycles. The van der Waals surface area contributed by atoms with Gasteiger partial charge in [-0.3, -0.25) is 10.3 Å². The van der Waals surface area contributed by atoms with Crippen LogP contribution < -0.4 is 21.7 Å².